The van der Waals surface area contributed by atoms with Gasteiger partial charge in [0, 0.05) is 35.8 Å². The molecule has 1 N–H and O–H groups in total. The van der Waals surface area contributed by atoms with Gasteiger partial charge < -0.3 is 9.88 Å². The quantitative estimate of drug-likeness (QED) is 0.776. The zero-order valence-corrected chi connectivity index (χ0v) is 13.3. The molecule has 0 aliphatic carbocycles. The number of nitrogens with zero attached hydrogens (tertiary/aromatic N) is 1. The van der Waals surface area contributed by atoms with Crippen molar-refractivity contribution in [2.75, 3.05) is 7.05 Å². The van der Waals surface area contributed by atoms with E-state index in [0.717, 1.165) is 22.2 Å². The third-order valence-corrected chi connectivity index (χ3v) is 4.63. The van der Waals surface area contributed by atoms with Crippen molar-refractivity contribution in [1.82, 2.24) is 9.88 Å². The summed E-state index contributed by atoms with van der Waals surface area (Å²) in [7, 11) is 1.85. The maximum atomic E-state index is 12.6. The van der Waals surface area contributed by atoms with Gasteiger partial charge in [0.2, 0.25) is 0 Å². The molecule has 0 spiro atoms. The Hall–Kier alpha value is -2.07. The van der Waals surface area contributed by atoms with Crippen molar-refractivity contribution in [1.29, 1.82) is 0 Å². The molecular formula is C17H18N2OS. The predicted molar refractivity (Wildman–Crippen MR) is 87.9 cm³/mol. The number of fused-ring (bicyclic) bond motifs is 1. The number of benzene rings is 1. The largest absolute Gasteiger partial charge is 0.358 e. The fourth-order valence-electron chi connectivity index (χ4n) is 2.54. The van der Waals surface area contributed by atoms with Crippen LogP contribution in [0.4, 0.5) is 0 Å². The molecule has 0 bridgehead atoms. The van der Waals surface area contributed by atoms with Crippen LogP contribution < -0.4 is 0 Å². The van der Waals surface area contributed by atoms with Gasteiger partial charge in [-0.1, -0.05) is 0 Å². The fraction of sp³-hybridized carbons (Fsp3) is 0.235. The van der Waals surface area contributed by atoms with Crippen LogP contribution in [-0.4, -0.2) is 22.8 Å². The molecule has 3 rings (SSSR count). The molecule has 21 heavy (non-hydrogen) atoms. The van der Waals surface area contributed by atoms with Crippen molar-refractivity contribution < 1.29 is 4.79 Å². The monoisotopic (exact) mass is 298 g/mol. The van der Waals surface area contributed by atoms with Crippen LogP contribution in [-0.2, 0) is 6.54 Å². The van der Waals surface area contributed by atoms with E-state index in [9.17, 15) is 4.79 Å². The zero-order valence-electron chi connectivity index (χ0n) is 12.4. The van der Waals surface area contributed by atoms with Crippen molar-refractivity contribution in [3.05, 3.63) is 57.4 Å². The molecule has 0 unspecified atom stereocenters. The molecule has 1 amide bonds. The van der Waals surface area contributed by atoms with Gasteiger partial charge in [-0.15, -0.1) is 0 Å². The van der Waals surface area contributed by atoms with E-state index < -0.39 is 0 Å². The number of hydrogen-bond donors (Lipinski definition) is 1. The van der Waals surface area contributed by atoms with Gasteiger partial charge in [0.05, 0.1) is 0 Å². The maximum absolute atomic E-state index is 12.6. The molecule has 0 aliphatic heterocycles. The van der Waals surface area contributed by atoms with Crippen LogP contribution in [0.25, 0.3) is 10.9 Å². The molecule has 0 saturated heterocycles. The molecule has 0 fully saturated rings. The van der Waals surface area contributed by atoms with E-state index in [0.29, 0.717) is 6.54 Å². The van der Waals surface area contributed by atoms with Gasteiger partial charge in [0.1, 0.15) is 0 Å². The Bertz CT molecular complexity index is 787. The van der Waals surface area contributed by atoms with Crippen LogP contribution in [0.2, 0.25) is 0 Å². The summed E-state index contributed by atoms with van der Waals surface area (Å²) in [6.45, 7) is 4.78. The molecule has 2 aromatic heterocycles. The fourth-order valence-corrected chi connectivity index (χ4v) is 3.20. The van der Waals surface area contributed by atoms with E-state index in [2.05, 4.69) is 30.3 Å². The van der Waals surface area contributed by atoms with E-state index in [1.807, 2.05) is 30.6 Å². The van der Waals surface area contributed by atoms with E-state index in [4.69, 9.17) is 0 Å². The summed E-state index contributed by atoms with van der Waals surface area (Å²) in [5.74, 6) is 0.0568. The molecule has 3 nitrogen and oxygen atoms in total. The average molecular weight is 298 g/mol. The first-order valence-corrected chi connectivity index (χ1v) is 7.86. The summed E-state index contributed by atoms with van der Waals surface area (Å²) in [6.07, 6.45) is 0. The van der Waals surface area contributed by atoms with Crippen LogP contribution >= 0.6 is 11.3 Å². The number of carbonyl (C=O) groups excluding carboxylic acids is 1. The lowest BCUT2D eigenvalue weighted by Crippen LogP contribution is -2.25. The summed E-state index contributed by atoms with van der Waals surface area (Å²) < 4.78 is 0. The van der Waals surface area contributed by atoms with Crippen LogP contribution in [0.3, 0.4) is 0 Å². The molecule has 0 atom stereocenters. The second-order valence-electron chi connectivity index (χ2n) is 5.43. The highest BCUT2D eigenvalue weighted by molar-refractivity contribution is 7.07. The molecule has 1 aromatic carbocycles. The third kappa shape index (κ3) is 2.59. The van der Waals surface area contributed by atoms with Gasteiger partial charge in [-0.25, -0.2) is 0 Å². The van der Waals surface area contributed by atoms with E-state index >= 15 is 0 Å². The number of nitrogens with one attached hydrogen (secondary N) is 1. The highest BCUT2D eigenvalue weighted by Gasteiger charge is 2.14. The summed E-state index contributed by atoms with van der Waals surface area (Å²) in [6, 6.07) is 7.92. The minimum Gasteiger partial charge on any atom is -0.358 e. The van der Waals surface area contributed by atoms with E-state index in [1.54, 1.807) is 16.2 Å². The molecule has 0 saturated carbocycles. The second kappa shape index (κ2) is 5.37. The molecule has 4 heteroatoms. The van der Waals surface area contributed by atoms with Crippen LogP contribution in [0.5, 0.6) is 0 Å². The topological polar surface area (TPSA) is 36.1 Å². The Kier molecular flexibility index (Phi) is 3.55. The average Bonchev–Trinajstić information content (AvgIpc) is 3.07. The second-order valence-corrected chi connectivity index (χ2v) is 6.21. The Labute approximate surface area is 128 Å². The predicted octanol–water partition coefficient (Wildman–Crippen LogP) is 4.12. The number of rotatable bonds is 3. The van der Waals surface area contributed by atoms with Gasteiger partial charge in [-0.2, -0.15) is 11.3 Å². The van der Waals surface area contributed by atoms with Crippen LogP contribution in [0.1, 0.15) is 27.2 Å². The lowest BCUT2D eigenvalue weighted by atomic mass is 10.1. The minimum absolute atomic E-state index is 0.0568. The number of hydrogen-bond acceptors (Lipinski definition) is 2. The molecule has 3 aromatic rings. The van der Waals surface area contributed by atoms with Gasteiger partial charge in [-0.05, 0) is 60.0 Å². The summed E-state index contributed by atoms with van der Waals surface area (Å²) in [4.78, 5) is 17.6. The van der Waals surface area contributed by atoms with Crippen LogP contribution in [0.15, 0.2) is 35.0 Å². The Morgan fingerprint density at radius 2 is 2.10 bits per heavy atom. The number of H-pyrrole nitrogens is 1. The first-order chi connectivity index (χ1) is 10.1. The first-order valence-electron chi connectivity index (χ1n) is 6.91. The normalized spacial score (nSPS) is 11.0. The Balaban J connectivity index is 1.88. The molecule has 0 aliphatic rings. The van der Waals surface area contributed by atoms with Gasteiger partial charge in [-0.3, -0.25) is 4.79 Å². The SMILES string of the molecule is Cc1[nH]c2ccc(C(=O)N(C)Cc3ccsc3)cc2c1C. The Morgan fingerprint density at radius 3 is 2.81 bits per heavy atom. The van der Waals surface area contributed by atoms with Gasteiger partial charge in [0.15, 0.2) is 0 Å². The zero-order chi connectivity index (χ0) is 15.0. The van der Waals surface area contributed by atoms with Crippen LogP contribution in [0, 0.1) is 13.8 Å². The number of carbonyl (C=O) groups is 1. The van der Waals surface area contributed by atoms with E-state index in [1.165, 1.54) is 11.1 Å². The molecule has 0 radical (unpaired) electrons. The van der Waals surface area contributed by atoms with Crippen molar-refractivity contribution in [3.63, 3.8) is 0 Å². The minimum atomic E-state index is 0.0568. The van der Waals surface area contributed by atoms with Gasteiger partial charge >= 0.3 is 0 Å². The molecule has 108 valence electrons. The number of thiophene rings is 1. The van der Waals surface area contributed by atoms with Crippen molar-refractivity contribution in [2.24, 2.45) is 0 Å². The van der Waals surface area contributed by atoms with Crippen molar-refractivity contribution in [3.8, 4) is 0 Å². The summed E-state index contributed by atoms with van der Waals surface area (Å²) >= 11 is 1.65. The van der Waals surface area contributed by atoms with Crippen molar-refractivity contribution in [2.45, 2.75) is 20.4 Å². The lowest BCUT2D eigenvalue weighted by molar-refractivity contribution is 0.0785. The van der Waals surface area contributed by atoms with Gasteiger partial charge in [0.25, 0.3) is 5.91 Å². The highest BCUT2D eigenvalue weighted by atomic mass is 32.1. The smallest absolute Gasteiger partial charge is 0.253 e. The van der Waals surface area contributed by atoms with Crippen molar-refractivity contribution >= 4 is 28.1 Å². The first kappa shape index (κ1) is 13.9. The molecular weight excluding hydrogens is 280 g/mol. The lowest BCUT2D eigenvalue weighted by Gasteiger charge is -2.16. The highest BCUT2D eigenvalue weighted by Crippen LogP contribution is 2.23. The standard InChI is InChI=1S/C17H18N2OS/c1-11-12(2)18-16-5-4-14(8-15(11)16)17(20)19(3)9-13-6-7-21-10-13/h4-8,10,18H,9H2,1-3H3. The number of aromatic nitrogens is 1. The Morgan fingerprint density at radius 1 is 1.29 bits per heavy atom. The number of aryl methyl sites for hydroxylation is 2. The molecule has 2 heterocycles. The number of amides is 1. The summed E-state index contributed by atoms with van der Waals surface area (Å²) in [5, 5.41) is 5.24. The number of aromatic amines is 1. The van der Waals surface area contributed by atoms with E-state index in [-0.39, 0.29) is 5.91 Å². The third-order valence-electron chi connectivity index (χ3n) is 3.90. The maximum Gasteiger partial charge on any atom is 0.253 e. The summed E-state index contributed by atoms with van der Waals surface area (Å²) in [5.41, 5.74) is 5.36.